The molecule has 0 bridgehead atoms. The number of sulfone groups is 1. The normalized spacial score (nSPS) is 19.6. The largest absolute Gasteiger partial charge is 0.219 e. The average Bonchev–Trinajstić information content (AvgIpc) is 3.05. The smallest absolute Gasteiger partial charge is 0.206 e. The lowest BCUT2D eigenvalue weighted by atomic mass is 9.63. The van der Waals surface area contributed by atoms with E-state index < -0.39 is 9.84 Å². The van der Waals surface area contributed by atoms with Crippen molar-refractivity contribution in [3.05, 3.63) is 129 Å². The number of rotatable bonds is 6. The van der Waals surface area contributed by atoms with Crippen LogP contribution in [0.4, 0.5) is 0 Å². The second-order valence-corrected chi connectivity index (χ2v) is 19.3. The van der Waals surface area contributed by atoms with Gasteiger partial charge in [0.25, 0.3) is 0 Å². The van der Waals surface area contributed by atoms with E-state index in [-0.39, 0.29) is 21.7 Å². The van der Waals surface area contributed by atoms with Gasteiger partial charge < -0.3 is 0 Å². The minimum Gasteiger partial charge on any atom is -0.219 e. The van der Waals surface area contributed by atoms with E-state index in [1.54, 1.807) is 24.3 Å². The molecule has 0 unspecified atom stereocenters. The van der Waals surface area contributed by atoms with E-state index in [1.807, 2.05) is 24.3 Å². The second kappa shape index (κ2) is 12.3. The zero-order chi connectivity index (χ0) is 35.6. The molecule has 0 saturated carbocycles. The van der Waals surface area contributed by atoms with Crippen molar-refractivity contribution in [2.45, 2.75) is 126 Å². The van der Waals surface area contributed by atoms with Gasteiger partial charge in [0.1, 0.15) is 0 Å². The molecule has 4 aromatic carbocycles. The predicted molar refractivity (Wildman–Crippen MR) is 209 cm³/mol. The van der Waals surface area contributed by atoms with E-state index >= 15 is 0 Å². The lowest BCUT2D eigenvalue weighted by molar-refractivity contribution is 0.332. The fourth-order valence-electron chi connectivity index (χ4n) is 7.96. The Morgan fingerprint density at radius 2 is 0.776 bits per heavy atom. The van der Waals surface area contributed by atoms with Gasteiger partial charge in [0, 0.05) is 0 Å². The standard InChI is InChI=1S/C46H54O2S/c1-31(35-15-21-39-41(29-35)45(7,8)25-23-43(39,3)4)27-33-11-17-37(18-12-33)49(47,48)38-19-13-34(14-20-38)28-32(2)36-16-22-40-42(30-36)46(9,10)26-24-44(40,5)6/h11-22,27-30H,23-26H2,1-10H3/b31-27-,32-28-. The summed E-state index contributed by atoms with van der Waals surface area (Å²) in [6, 6.07) is 28.4. The maximum absolute atomic E-state index is 13.6. The van der Waals surface area contributed by atoms with E-state index in [0.29, 0.717) is 9.79 Å². The molecule has 0 fully saturated rings. The van der Waals surface area contributed by atoms with Crippen LogP contribution >= 0.6 is 0 Å². The van der Waals surface area contributed by atoms with Gasteiger partial charge in [-0.1, -0.05) is 128 Å². The summed E-state index contributed by atoms with van der Waals surface area (Å²) in [5.74, 6) is 0. The summed E-state index contributed by atoms with van der Waals surface area (Å²) >= 11 is 0. The van der Waals surface area contributed by atoms with Gasteiger partial charge in [-0.2, -0.15) is 0 Å². The zero-order valence-corrected chi connectivity index (χ0v) is 32.1. The van der Waals surface area contributed by atoms with Gasteiger partial charge in [-0.05, 0) is 141 Å². The molecule has 0 atom stereocenters. The van der Waals surface area contributed by atoms with Gasteiger partial charge in [-0.3, -0.25) is 0 Å². The number of hydrogen-bond acceptors (Lipinski definition) is 2. The van der Waals surface area contributed by atoms with Crippen molar-refractivity contribution in [3.63, 3.8) is 0 Å². The van der Waals surface area contributed by atoms with Crippen LogP contribution in [-0.2, 0) is 31.5 Å². The van der Waals surface area contributed by atoms with Crippen LogP contribution in [0.1, 0.15) is 139 Å². The van der Waals surface area contributed by atoms with Crippen molar-refractivity contribution < 1.29 is 8.42 Å². The fourth-order valence-corrected chi connectivity index (χ4v) is 9.22. The summed E-state index contributed by atoms with van der Waals surface area (Å²) in [6.45, 7) is 23.1. The minimum absolute atomic E-state index is 0.154. The van der Waals surface area contributed by atoms with E-state index in [4.69, 9.17) is 0 Å². The molecule has 256 valence electrons. The van der Waals surface area contributed by atoms with Crippen LogP contribution in [0.25, 0.3) is 23.3 Å². The van der Waals surface area contributed by atoms with Gasteiger partial charge in [-0.25, -0.2) is 8.42 Å². The van der Waals surface area contributed by atoms with Crippen LogP contribution in [0.3, 0.4) is 0 Å². The SMILES string of the molecule is C/C(=C/c1ccc(S(=O)(=O)c2ccc(/C=C(/C)c3ccc4c(c3)C(C)(C)CCC4(C)C)cc2)cc1)c1ccc2c(c1)C(C)(C)CCC2(C)C. The van der Waals surface area contributed by atoms with Gasteiger partial charge in [-0.15, -0.1) is 0 Å². The molecule has 6 rings (SSSR count). The van der Waals surface area contributed by atoms with Crippen LogP contribution < -0.4 is 0 Å². The highest BCUT2D eigenvalue weighted by molar-refractivity contribution is 7.91. The Balaban J connectivity index is 1.19. The molecule has 0 N–H and O–H groups in total. The van der Waals surface area contributed by atoms with Crippen LogP contribution in [0, 0.1) is 0 Å². The molecule has 2 aliphatic carbocycles. The molecule has 2 aliphatic rings. The Labute approximate surface area is 296 Å². The van der Waals surface area contributed by atoms with Crippen LogP contribution in [0.15, 0.2) is 94.7 Å². The number of allylic oxidation sites excluding steroid dienone is 2. The first-order valence-electron chi connectivity index (χ1n) is 17.9. The van der Waals surface area contributed by atoms with Crippen molar-refractivity contribution in [1.82, 2.24) is 0 Å². The topological polar surface area (TPSA) is 34.1 Å². The Bertz CT molecular complexity index is 1920. The molecule has 0 heterocycles. The van der Waals surface area contributed by atoms with Gasteiger partial charge in [0.15, 0.2) is 0 Å². The molecule has 0 aliphatic heterocycles. The predicted octanol–water partition coefficient (Wildman–Crippen LogP) is 12.3. The van der Waals surface area contributed by atoms with Gasteiger partial charge >= 0.3 is 0 Å². The van der Waals surface area contributed by atoms with Crippen molar-refractivity contribution in [1.29, 1.82) is 0 Å². The third-order valence-electron chi connectivity index (χ3n) is 11.8. The third-order valence-corrected chi connectivity index (χ3v) is 13.5. The minimum atomic E-state index is -3.64. The van der Waals surface area contributed by atoms with Gasteiger partial charge in [0.05, 0.1) is 9.79 Å². The number of benzene rings is 4. The van der Waals surface area contributed by atoms with Crippen LogP contribution in [0.2, 0.25) is 0 Å². The molecule has 0 radical (unpaired) electrons. The molecule has 0 spiro atoms. The molecule has 0 amide bonds. The fraction of sp³-hybridized carbons (Fsp3) is 0.391. The maximum atomic E-state index is 13.6. The Morgan fingerprint density at radius 3 is 1.10 bits per heavy atom. The molecule has 0 aromatic heterocycles. The van der Waals surface area contributed by atoms with E-state index in [9.17, 15) is 8.42 Å². The highest BCUT2D eigenvalue weighted by atomic mass is 32.2. The monoisotopic (exact) mass is 670 g/mol. The summed E-state index contributed by atoms with van der Waals surface area (Å²) in [7, 11) is -3.64. The van der Waals surface area contributed by atoms with Crippen LogP contribution in [-0.4, -0.2) is 8.42 Å². The molecule has 2 nitrogen and oxygen atoms in total. The van der Waals surface area contributed by atoms with E-state index in [2.05, 4.69) is 118 Å². The molecular formula is C46H54O2S. The summed E-state index contributed by atoms with van der Waals surface area (Å²) in [5.41, 5.74) is 13.2. The lowest BCUT2D eigenvalue weighted by Crippen LogP contribution is -2.33. The molecule has 3 heteroatoms. The second-order valence-electron chi connectivity index (χ2n) is 17.4. The zero-order valence-electron chi connectivity index (χ0n) is 31.3. The van der Waals surface area contributed by atoms with Crippen molar-refractivity contribution >= 4 is 33.1 Å². The summed E-state index contributed by atoms with van der Waals surface area (Å²) in [5, 5.41) is 0. The first-order valence-corrected chi connectivity index (χ1v) is 19.4. The van der Waals surface area contributed by atoms with E-state index in [0.717, 1.165) is 11.1 Å². The molecule has 4 aromatic rings. The highest BCUT2D eigenvalue weighted by Crippen LogP contribution is 2.47. The average molecular weight is 671 g/mol. The summed E-state index contributed by atoms with van der Waals surface area (Å²) in [6.07, 6.45) is 9.05. The number of hydrogen-bond donors (Lipinski definition) is 0. The molecular weight excluding hydrogens is 617 g/mol. The summed E-state index contributed by atoms with van der Waals surface area (Å²) in [4.78, 5) is 0.610. The van der Waals surface area contributed by atoms with Crippen LogP contribution in [0.5, 0.6) is 0 Å². The molecule has 0 saturated heterocycles. The first kappa shape index (κ1) is 35.1. The maximum Gasteiger partial charge on any atom is 0.206 e. The Kier molecular flexibility index (Phi) is 8.80. The lowest BCUT2D eigenvalue weighted by Gasteiger charge is -2.42. The molecule has 49 heavy (non-hydrogen) atoms. The van der Waals surface area contributed by atoms with E-state index in [1.165, 1.54) is 70.2 Å². The first-order chi connectivity index (χ1) is 22.8. The van der Waals surface area contributed by atoms with Crippen molar-refractivity contribution in [2.75, 3.05) is 0 Å². The highest BCUT2D eigenvalue weighted by Gasteiger charge is 2.38. The van der Waals surface area contributed by atoms with Gasteiger partial charge in [0.2, 0.25) is 9.84 Å². The quantitative estimate of drug-likeness (QED) is 0.191. The van der Waals surface area contributed by atoms with Crippen molar-refractivity contribution in [2.24, 2.45) is 0 Å². The van der Waals surface area contributed by atoms with Crippen molar-refractivity contribution in [3.8, 4) is 0 Å². The summed E-state index contributed by atoms with van der Waals surface area (Å²) < 4.78 is 27.2. The number of fused-ring (bicyclic) bond motifs is 2. The third kappa shape index (κ3) is 6.76. The Morgan fingerprint density at radius 1 is 0.469 bits per heavy atom. The Hall–Kier alpha value is -3.69.